The van der Waals surface area contributed by atoms with Gasteiger partial charge in [-0.05, 0) is 23.0 Å². The number of allylic oxidation sites excluding steroid dienone is 4. The van der Waals surface area contributed by atoms with Crippen molar-refractivity contribution in [1.29, 1.82) is 0 Å². The molecule has 0 aromatic carbocycles. The van der Waals surface area contributed by atoms with Crippen LogP contribution in [0.5, 0.6) is 0 Å². The molecule has 0 atom stereocenters. The molecule has 0 radical (unpaired) electrons. The molecule has 0 rings (SSSR count). The van der Waals surface area contributed by atoms with E-state index in [4.69, 9.17) is 0 Å². The Balaban J connectivity index is -0.000000411. The van der Waals surface area contributed by atoms with Crippen LogP contribution in [0.2, 0.25) is 0 Å². The van der Waals surface area contributed by atoms with Gasteiger partial charge in [0.25, 0.3) is 0 Å². The van der Waals surface area contributed by atoms with Crippen LogP contribution >= 0.6 is 0 Å². The van der Waals surface area contributed by atoms with Gasteiger partial charge in [0.1, 0.15) is 0 Å². The zero-order chi connectivity index (χ0) is 21.7. The van der Waals surface area contributed by atoms with Crippen molar-refractivity contribution < 1.29 is 40.2 Å². The maximum absolute atomic E-state index is 11.4. The molecule has 0 saturated carbocycles. The van der Waals surface area contributed by atoms with Crippen molar-refractivity contribution in [2.24, 2.45) is 21.7 Å². The third kappa shape index (κ3) is 13.8. The molecule has 0 aromatic heterocycles. The van der Waals surface area contributed by atoms with Crippen molar-refractivity contribution in [3.05, 3.63) is 23.7 Å². The molecule has 0 amide bonds. The van der Waals surface area contributed by atoms with Crippen LogP contribution in [0.4, 0.5) is 0 Å². The van der Waals surface area contributed by atoms with E-state index in [-0.39, 0.29) is 43.5 Å². The third-order valence-corrected chi connectivity index (χ3v) is 3.48. The minimum Gasteiger partial charge on any atom is -0.875 e. The Hall–Kier alpha value is -0.918. The van der Waals surface area contributed by atoms with Gasteiger partial charge in [-0.25, -0.2) is 0 Å². The molecule has 0 saturated heterocycles. The Morgan fingerprint density at radius 1 is 0.519 bits per heavy atom. The first-order chi connectivity index (χ1) is 11.1. The monoisotopic (exact) mass is 472 g/mol. The zero-order valence-electron chi connectivity index (χ0n) is 19.1. The minimum atomic E-state index is -0.457. The molecule has 0 unspecified atom stereocenters. The van der Waals surface area contributed by atoms with Gasteiger partial charge in [-0.15, -0.1) is 11.5 Å². The van der Waals surface area contributed by atoms with Crippen LogP contribution in [0.15, 0.2) is 23.7 Å². The standard InChI is InChI=1S/2C11H20O2.Pd/c2*1-10(2,3)8(12)7-9(13)11(4,5)6;/h2*7,12H,1-6H3;/q;;+2/p-2/b2*8-7-;. The first kappa shape index (κ1) is 30.8. The molecular formula is C22H38O4Pd. The summed E-state index contributed by atoms with van der Waals surface area (Å²) in [5.74, 6) is -0.417. The maximum atomic E-state index is 11.4. The Bertz CT molecular complexity index is 505. The van der Waals surface area contributed by atoms with E-state index in [0.717, 1.165) is 0 Å². The van der Waals surface area contributed by atoms with Gasteiger partial charge in [-0.2, -0.15) is 0 Å². The molecule has 0 bridgehead atoms. The number of hydrogen-bond acceptors (Lipinski definition) is 4. The molecular weight excluding hydrogens is 435 g/mol. The fraction of sp³-hybridized carbons (Fsp3) is 0.727. The van der Waals surface area contributed by atoms with Crippen LogP contribution in [0.3, 0.4) is 0 Å². The van der Waals surface area contributed by atoms with Crippen molar-refractivity contribution >= 4 is 11.6 Å². The van der Waals surface area contributed by atoms with Crippen molar-refractivity contribution in [1.82, 2.24) is 0 Å². The molecule has 0 heterocycles. The number of carbonyl (C=O) groups is 2. The van der Waals surface area contributed by atoms with E-state index >= 15 is 0 Å². The Morgan fingerprint density at radius 3 is 0.815 bits per heavy atom. The molecule has 0 aliphatic carbocycles. The topological polar surface area (TPSA) is 80.3 Å². The average Bonchev–Trinajstić information content (AvgIpc) is 2.34. The van der Waals surface area contributed by atoms with Gasteiger partial charge in [-0.3, -0.25) is 9.59 Å². The van der Waals surface area contributed by atoms with Crippen molar-refractivity contribution in [3.8, 4) is 0 Å². The van der Waals surface area contributed by atoms with E-state index in [2.05, 4.69) is 0 Å². The summed E-state index contributed by atoms with van der Waals surface area (Å²) >= 11 is 0. The molecule has 0 aliphatic heterocycles. The number of hydrogen-bond donors (Lipinski definition) is 0. The van der Waals surface area contributed by atoms with Crippen LogP contribution in [-0.4, -0.2) is 11.6 Å². The first-order valence-electron chi connectivity index (χ1n) is 8.97. The van der Waals surface area contributed by atoms with E-state index in [1.54, 1.807) is 0 Å². The van der Waals surface area contributed by atoms with E-state index in [1.165, 1.54) is 12.2 Å². The average molecular weight is 473 g/mol. The van der Waals surface area contributed by atoms with Gasteiger partial charge in [0.2, 0.25) is 0 Å². The van der Waals surface area contributed by atoms with Crippen molar-refractivity contribution in [2.75, 3.05) is 0 Å². The SMILES string of the molecule is CC(C)(C)C(=O)/C=C(\[O-])C(C)(C)C.CC(C)(C)C(=O)/C=C(\[O-])C(C)(C)C.[Pd+2]. The normalized spacial score (nSPS) is 13.9. The van der Waals surface area contributed by atoms with Gasteiger partial charge in [0.05, 0.1) is 0 Å². The van der Waals surface area contributed by atoms with Gasteiger partial charge in [0.15, 0.2) is 11.6 Å². The van der Waals surface area contributed by atoms with Crippen molar-refractivity contribution in [3.63, 3.8) is 0 Å². The molecule has 27 heavy (non-hydrogen) atoms. The van der Waals surface area contributed by atoms with Crippen LogP contribution in [0.1, 0.15) is 83.1 Å². The number of ketones is 2. The van der Waals surface area contributed by atoms with Gasteiger partial charge >= 0.3 is 20.4 Å². The first-order valence-corrected chi connectivity index (χ1v) is 8.97. The largest absolute Gasteiger partial charge is 2.00 e. The maximum Gasteiger partial charge on any atom is 2.00 e. The Labute approximate surface area is 180 Å². The molecule has 4 nitrogen and oxygen atoms in total. The van der Waals surface area contributed by atoms with Crippen LogP contribution in [0, 0.1) is 21.7 Å². The van der Waals surface area contributed by atoms with Gasteiger partial charge in [-0.1, -0.05) is 83.1 Å². The predicted octanol–water partition coefficient (Wildman–Crippen LogP) is 3.78. The summed E-state index contributed by atoms with van der Waals surface area (Å²) in [6.45, 7) is 21.7. The molecule has 0 aromatic rings. The quantitative estimate of drug-likeness (QED) is 0.348. The molecule has 0 aliphatic rings. The Morgan fingerprint density at radius 2 is 0.704 bits per heavy atom. The van der Waals surface area contributed by atoms with Crippen LogP contribution in [-0.2, 0) is 30.0 Å². The fourth-order valence-corrected chi connectivity index (χ4v) is 1.10. The van der Waals surface area contributed by atoms with Crippen molar-refractivity contribution in [2.45, 2.75) is 83.1 Å². The number of carbonyl (C=O) groups excluding carboxylic acids is 2. The van der Waals surface area contributed by atoms with Crippen LogP contribution in [0.25, 0.3) is 0 Å². The molecule has 0 fully saturated rings. The molecule has 160 valence electrons. The summed E-state index contributed by atoms with van der Waals surface area (Å²) < 4.78 is 0. The second-order valence-electron chi connectivity index (χ2n) is 10.7. The van der Waals surface area contributed by atoms with E-state index < -0.39 is 21.7 Å². The number of rotatable bonds is 2. The van der Waals surface area contributed by atoms with E-state index in [0.29, 0.717) is 0 Å². The van der Waals surface area contributed by atoms with E-state index in [1.807, 2.05) is 83.1 Å². The smallest absolute Gasteiger partial charge is 0.875 e. The summed E-state index contributed by atoms with van der Waals surface area (Å²) in [4.78, 5) is 22.9. The van der Waals surface area contributed by atoms with E-state index in [9.17, 15) is 19.8 Å². The predicted molar refractivity (Wildman–Crippen MR) is 104 cm³/mol. The molecule has 5 heteroatoms. The summed E-state index contributed by atoms with van der Waals surface area (Å²) in [5.41, 5.74) is -1.83. The van der Waals surface area contributed by atoms with Gasteiger partial charge < -0.3 is 10.2 Å². The summed E-state index contributed by atoms with van der Waals surface area (Å²) in [5, 5.41) is 22.9. The second kappa shape index (κ2) is 10.6. The second-order valence-corrected chi connectivity index (χ2v) is 10.7. The Kier molecular flexibility index (Phi) is 12.1. The third-order valence-electron chi connectivity index (χ3n) is 3.48. The summed E-state index contributed by atoms with van der Waals surface area (Å²) in [6.07, 6.45) is 2.44. The summed E-state index contributed by atoms with van der Waals surface area (Å²) in [7, 11) is 0. The zero-order valence-corrected chi connectivity index (χ0v) is 20.7. The minimum absolute atomic E-state index is 0. The molecule has 0 N–H and O–H groups in total. The van der Waals surface area contributed by atoms with Crippen LogP contribution < -0.4 is 10.2 Å². The summed E-state index contributed by atoms with van der Waals surface area (Å²) in [6, 6.07) is 0. The molecule has 0 spiro atoms. The fourth-order valence-electron chi connectivity index (χ4n) is 1.10. The van der Waals surface area contributed by atoms with Gasteiger partial charge in [0, 0.05) is 10.8 Å².